The lowest BCUT2D eigenvalue weighted by atomic mass is 10.1. The van der Waals surface area contributed by atoms with E-state index in [1.165, 1.54) is 31.2 Å². The monoisotopic (exact) mass is 218 g/mol. The predicted molar refractivity (Wildman–Crippen MR) is 55.4 cm³/mol. The van der Waals surface area contributed by atoms with E-state index in [-0.39, 0.29) is 0 Å². The van der Waals surface area contributed by atoms with E-state index in [1.807, 2.05) is 6.07 Å². The van der Waals surface area contributed by atoms with Gasteiger partial charge in [-0.3, -0.25) is 4.79 Å². The van der Waals surface area contributed by atoms with Crippen molar-refractivity contribution in [3.8, 4) is 6.07 Å². The van der Waals surface area contributed by atoms with Gasteiger partial charge < -0.3 is 10.4 Å². The first-order valence-electron chi connectivity index (χ1n) is 4.54. The minimum atomic E-state index is -1.14. The van der Waals surface area contributed by atoms with Gasteiger partial charge in [0.25, 0.3) is 0 Å². The van der Waals surface area contributed by atoms with Crippen LogP contribution >= 0.6 is 0 Å². The molecule has 2 N–H and O–H groups in total. The average Bonchev–Trinajstić information content (AvgIpc) is 2.25. The maximum absolute atomic E-state index is 10.9. The van der Waals surface area contributed by atoms with Crippen molar-refractivity contribution in [1.82, 2.24) is 5.32 Å². The number of carbonyl (C=O) groups is 2. The maximum atomic E-state index is 10.9. The average molecular weight is 218 g/mol. The van der Waals surface area contributed by atoms with Gasteiger partial charge in [0.15, 0.2) is 6.04 Å². The Labute approximate surface area is 92.3 Å². The lowest BCUT2D eigenvalue weighted by Crippen LogP contribution is -2.31. The second kappa shape index (κ2) is 4.94. The fourth-order valence-corrected chi connectivity index (χ4v) is 1.24. The van der Waals surface area contributed by atoms with Gasteiger partial charge in [-0.05, 0) is 17.7 Å². The molecule has 1 rings (SSSR count). The zero-order valence-electron chi connectivity index (χ0n) is 8.60. The molecule has 0 saturated carbocycles. The summed E-state index contributed by atoms with van der Waals surface area (Å²) in [7, 11) is 0. The van der Waals surface area contributed by atoms with Crippen molar-refractivity contribution in [1.29, 1.82) is 5.26 Å². The molecule has 0 aliphatic heterocycles. The van der Waals surface area contributed by atoms with Crippen molar-refractivity contribution in [2.24, 2.45) is 0 Å². The largest absolute Gasteiger partial charge is 0.479 e. The molecule has 0 aromatic heterocycles. The molecule has 0 bridgehead atoms. The van der Waals surface area contributed by atoms with Crippen LogP contribution in [-0.4, -0.2) is 17.0 Å². The Kier molecular flexibility index (Phi) is 3.62. The normalized spacial score (nSPS) is 11.2. The van der Waals surface area contributed by atoms with E-state index >= 15 is 0 Å². The highest BCUT2D eigenvalue weighted by atomic mass is 16.4. The highest BCUT2D eigenvalue weighted by Crippen LogP contribution is 2.14. The molecule has 5 nitrogen and oxygen atoms in total. The van der Waals surface area contributed by atoms with E-state index < -0.39 is 17.9 Å². The van der Waals surface area contributed by atoms with Crippen LogP contribution in [0.1, 0.15) is 24.1 Å². The SMILES string of the molecule is CC(=O)NC(C(=O)O)c1ccc(C#N)cc1. The second-order valence-corrected chi connectivity index (χ2v) is 3.21. The second-order valence-electron chi connectivity index (χ2n) is 3.21. The molecule has 1 unspecified atom stereocenters. The molecular formula is C11H10N2O3. The fourth-order valence-electron chi connectivity index (χ4n) is 1.24. The summed E-state index contributed by atoms with van der Waals surface area (Å²) in [5.74, 6) is -1.56. The Morgan fingerprint density at radius 2 is 1.94 bits per heavy atom. The third-order valence-electron chi connectivity index (χ3n) is 1.97. The van der Waals surface area contributed by atoms with Gasteiger partial charge >= 0.3 is 5.97 Å². The molecule has 0 radical (unpaired) electrons. The molecule has 1 atom stereocenters. The number of rotatable bonds is 3. The van der Waals surface area contributed by atoms with Crippen molar-refractivity contribution in [3.63, 3.8) is 0 Å². The van der Waals surface area contributed by atoms with E-state index in [0.717, 1.165) is 0 Å². The first-order valence-corrected chi connectivity index (χ1v) is 4.54. The van der Waals surface area contributed by atoms with Gasteiger partial charge in [0.1, 0.15) is 0 Å². The van der Waals surface area contributed by atoms with E-state index in [2.05, 4.69) is 5.32 Å². The van der Waals surface area contributed by atoms with Crippen molar-refractivity contribution in [3.05, 3.63) is 35.4 Å². The van der Waals surface area contributed by atoms with Crippen LogP contribution in [0, 0.1) is 11.3 Å². The Morgan fingerprint density at radius 1 is 1.38 bits per heavy atom. The number of amides is 1. The number of hydrogen-bond donors (Lipinski definition) is 2. The first kappa shape index (κ1) is 11.7. The van der Waals surface area contributed by atoms with Gasteiger partial charge in [-0.1, -0.05) is 12.1 Å². The van der Waals surface area contributed by atoms with Crippen molar-refractivity contribution in [2.45, 2.75) is 13.0 Å². The topological polar surface area (TPSA) is 90.2 Å². The van der Waals surface area contributed by atoms with Crippen LogP contribution in [0.15, 0.2) is 24.3 Å². The minimum Gasteiger partial charge on any atom is -0.479 e. The standard InChI is InChI=1S/C11H10N2O3/c1-7(14)13-10(11(15)16)9-4-2-8(6-12)3-5-9/h2-5,10H,1H3,(H,13,14)(H,15,16). The van der Waals surface area contributed by atoms with Crippen molar-refractivity contribution in [2.75, 3.05) is 0 Å². The van der Waals surface area contributed by atoms with Gasteiger partial charge in [0, 0.05) is 6.92 Å². The molecule has 0 fully saturated rings. The summed E-state index contributed by atoms with van der Waals surface area (Å²) in [5, 5.41) is 19.8. The number of aliphatic carboxylic acids is 1. The number of nitrogens with one attached hydrogen (secondary N) is 1. The number of carboxylic acids is 1. The van der Waals surface area contributed by atoms with Gasteiger partial charge in [-0.15, -0.1) is 0 Å². The van der Waals surface area contributed by atoms with E-state index in [1.54, 1.807) is 0 Å². The summed E-state index contributed by atoms with van der Waals surface area (Å²) in [4.78, 5) is 21.7. The third kappa shape index (κ3) is 2.82. The van der Waals surface area contributed by atoms with Gasteiger partial charge in [0.2, 0.25) is 5.91 Å². The van der Waals surface area contributed by atoms with Crippen molar-refractivity contribution < 1.29 is 14.7 Å². The van der Waals surface area contributed by atoms with Crippen LogP contribution in [0.2, 0.25) is 0 Å². The van der Waals surface area contributed by atoms with Crippen LogP contribution < -0.4 is 5.32 Å². The highest BCUT2D eigenvalue weighted by Gasteiger charge is 2.20. The number of carboxylic acid groups (broad SMARTS) is 1. The van der Waals surface area contributed by atoms with Crippen LogP contribution in [0.25, 0.3) is 0 Å². The summed E-state index contributed by atoms with van der Waals surface area (Å²) in [6.45, 7) is 1.25. The molecule has 82 valence electrons. The summed E-state index contributed by atoms with van der Waals surface area (Å²) in [6, 6.07) is 6.88. The Balaban J connectivity index is 2.98. The van der Waals surface area contributed by atoms with Crippen LogP contribution in [0.4, 0.5) is 0 Å². The van der Waals surface area contributed by atoms with E-state index in [4.69, 9.17) is 10.4 Å². The van der Waals surface area contributed by atoms with Crippen LogP contribution in [0.5, 0.6) is 0 Å². The zero-order valence-corrected chi connectivity index (χ0v) is 8.60. The van der Waals surface area contributed by atoms with Crippen molar-refractivity contribution >= 4 is 11.9 Å². The van der Waals surface area contributed by atoms with E-state index in [0.29, 0.717) is 11.1 Å². The minimum absolute atomic E-state index is 0.420. The zero-order chi connectivity index (χ0) is 12.1. The summed E-state index contributed by atoms with van der Waals surface area (Å²) >= 11 is 0. The number of hydrogen-bond acceptors (Lipinski definition) is 3. The number of nitriles is 1. The number of benzene rings is 1. The molecule has 1 amide bonds. The summed E-state index contributed by atoms with van der Waals surface area (Å²) in [6.07, 6.45) is 0. The molecule has 5 heteroatoms. The molecule has 16 heavy (non-hydrogen) atoms. The molecule has 0 heterocycles. The Bertz CT molecular complexity index is 445. The van der Waals surface area contributed by atoms with Crippen LogP contribution in [-0.2, 0) is 9.59 Å². The first-order chi connectivity index (χ1) is 7.54. The number of carbonyl (C=O) groups excluding carboxylic acids is 1. The molecule has 0 saturated heterocycles. The lowest BCUT2D eigenvalue weighted by Gasteiger charge is -2.13. The Morgan fingerprint density at radius 3 is 2.31 bits per heavy atom. The number of nitrogens with zero attached hydrogens (tertiary/aromatic N) is 1. The molecule has 0 spiro atoms. The fraction of sp³-hybridized carbons (Fsp3) is 0.182. The molecule has 1 aromatic carbocycles. The molecule has 1 aromatic rings. The lowest BCUT2D eigenvalue weighted by molar-refractivity contribution is -0.141. The molecule has 0 aliphatic rings. The quantitative estimate of drug-likeness (QED) is 0.785. The van der Waals surface area contributed by atoms with Gasteiger partial charge in [0.05, 0.1) is 11.6 Å². The summed E-state index contributed by atoms with van der Waals surface area (Å²) < 4.78 is 0. The smallest absolute Gasteiger partial charge is 0.330 e. The maximum Gasteiger partial charge on any atom is 0.330 e. The molecule has 0 aliphatic carbocycles. The summed E-state index contributed by atoms with van der Waals surface area (Å²) in [5.41, 5.74) is 0.873. The van der Waals surface area contributed by atoms with E-state index in [9.17, 15) is 9.59 Å². The van der Waals surface area contributed by atoms with Gasteiger partial charge in [-0.2, -0.15) is 5.26 Å². The van der Waals surface area contributed by atoms with Gasteiger partial charge in [-0.25, -0.2) is 4.79 Å². The van der Waals surface area contributed by atoms with Crippen LogP contribution in [0.3, 0.4) is 0 Å². The highest BCUT2D eigenvalue weighted by molar-refractivity contribution is 5.83. The third-order valence-corrected chi connectivity index (χ3v) is 1.97. The molecular weight excluding hydrogens is 208 g/mol. The Hall–Kier alpha value is -2.35. The predicted octanol–water partition coefficient (Wildman–Crippen LogP) is 0.820.